The van der Waals surface area contributed by atoms with E-state index in [0.29, 0.717) is 12.2 Å². The van der Waals surface area contributed by atoms with Gasteiger partial charge in [-0.1, -0.05) is 34.1 Å². The predicted molar refractivity (Wildman–Crippen MR) is 102 cm³/mol. The van der Waals surface area contributed by atoms with E-state index in [1.807, 2.05) is 6.92 Å². The van der Waals surface area contributed by atoms with E-state index in [9.17, 15) is 24.9 Å². The molecule has 1 unspecified atom stereocenters. The number of aliphatic hydroxyl groups excluding tert-OH is 2. The molecule has 0 radical (unpaired) electrons. The molecule has 2 saturated carbocycles. The van der Waals surface area contributed by atoms with E-state index in [1.165, 1.54) is 0 Å². The van der Waals surface area contributed by atoms with Crippen LogP contribution in [0.25, 0.3) is 0 Å². The molecule has 3 rings (SSSR count). The number of carbonyl (C=O) groups is 2. The van der Waals surface area contributed by atoms with Gasteiger partial charge in [-0.15, -0.1) is 0 Å². The Morgan fingerprint density at radius 2 is 1.78 bits per heavy atom. The Morgan fingerprint density at radius 3 is 2.41 bits per heavy atom. The van der Waals surface area contributed by atoms with E-state index in [4.69, 9.17) is 0 Å². The standard InChI is InChI=1S/C22H30O5/c1-13-6-7-17-20(2,3)8-5-9-21(17,4)22(13,27)11-14-10-16(24)19(26)15(12-23)18(14)25/h10-13,17,23-24,27H,5-9H2,1-4H3/b14-11+,15-12-/t13-,17+,21+,22?/m1/s1. The molecule has 148 valence electrons. The summed E-state index contributed by atoms with van der Waals surface area (Å²) in [5.41, 5.74) is -1.96. The minimum atomic E-state index is -1.24. The summed E-state index contributed by atoms with van der Waals surface area (Å²) < 4.78 is 0. The lowest BCUT2D eigenvalue weighted by Crippen LogP contribution is -2.61. The third-order valence-corrected chi connectivity index (χ3v) is 7.57. The molecule has 0 aliphatic heterocycles. The maximum absolute atomic E-state index is 12.6. The third kappa shape index (κ3) is 2.78. The second-order valence-corrected chi connectivity index (χ2v) is 9.45. The van der Waals surface area contributed by atoms with Gasteiger partial charge in [-0.2, -0.15) is 0 Å². The highest BCUT2D eigenvalue weighted by Crippen LogP contribution is 2.63. The lowest BCUT2D eigenvalue weighted by molar-refractivity contribution is -0.182. The van der Waals surface area contributed by atoms with Gasteiger partial charge < -0.3 is 15.3 Å². The van der Waals surface area contributed by atoms with Gasteiger partial charge in [-0.3, -0.25) is 9.59 Å². The average molecular weight is 374 g/mol. The molecule has 0 amide bonds. The zero-order valence-corrected chi connectivity index (χ0v) is 16.6. The number of hydrogen-bond acceptors (Lipinski definition) is 5. The number of allylic oxidation sites excluding steroid dienone is 3. The fourth-order valence-corrected chi connectivity index (χ4v) is 5.95. The fraction of sp³-hybridized carbons (Fsp3) is 0.636. The van der Waals surface area contributed by atoms with Crippen molar-refractivity contribution in [2.75, 3.05) is 0 Å². The number of rotatable bonds is 1. The Labute approximate surface area is 160 Å². The predicted octanol–water partition coefficient (Wildman–Crippen LogP) is 3.94. The number of ketones is 2. The average Bonchev–Trinajstić information content (AvgIpc) is 2.57. The van der Waals surface area contributed by atoms with Crippen molar-refractivity contribution in [1.29, 1.82) is 0 Å². The highest BCUT2D eigenvalue weighted by atomic mass is 16.3. The van der Waals surface area contributed by atoms with Crippen molar-refractivity contribution in [3.05, 3.63) is 35.3 Å². The second kappa shape index (κ2) is 6.33. The number of fused-ring (bicyclic) bond motifs is 1. The molecule has 2 fully saturated rings. The molecule has 27 heavy (non-hydrogen) atoms. The monoisotopic (exact) mass is 374 g/mol. The first-order valence-corrected chi connectivity index (χ1v) is 9.77. The summed E-state index contributed by atoms with van der Waals surface area (Å²) in [5.74, 6) is -1.92. The number of Topliss-reactive ketones (excluding diaryl/α,β-unsaturated/α-hetero) is 2. The molecule has 5 nitrogen and oxygen atoms in total. The number of carbonyl (C=O) groups excluding carboxylic acids is 2. The minimum absolute atomic E-state index is 0.0620. The first-order valence-electron chi connectivity index (χ1n) is 9.77. The molecular formula is C22H30O5. The van der Waals surface area contributed by atoms with Crippen LogP contribution in [-0.2, 0) is 9.59 Å². The van der Waals surface area contributed by atoms with Gasteiger partial charge in [0.1, 0.15) is 5.57 Å². The van der Waals surface area contributed by atoms with E-state index in [-0.39, 0.29) is 16.9 Å². The van der Waals surface area contributed by atoms with Crippen molar-refractivity contribution in [2.45, 2.75) is 65.4 Å². The Balaban J connectivity index is 2.14. The van der Waals surface area contributed by atoms with E-state index >= 15 is 0 Å². The van der Waals surface area contributed by atoms with Crippen LogP contribution in [0.2, 0.25) is 0 Å². The molecular weight excluding hydrogens is 344 g/mol. The summed E-state index contributed by atoms with van der Waals surface area (Å²) in [5, 5.41) is 31.1. The Bertz CT molecular complexity index is 772. The van der Waals surface area contributed by atoms with Gasteiger partial charge in [0.05, 0.1) is 11.9 Å². The molecule has 0 heterocycles. The van der Waals surface area contributed by atoms with E-state index in [1.54, 1.807) is 6.08 Å². The van der Waals surface area contributed by atoms with E-state index in [2.05, 4.69) is 20.8 Å². The first kappa shape index (κ1) is 19.9. The first-order chi connectivity index (χ1) is 12.5. The normalized spacial score (nSPS) is 42.2. The molecule has 3 aliphatic carbocycles. The van der Waals surface area contributed by atoms with Crippen LogP contribution in [0.3, 0.4) is 0 Å². The highest BCUT2D eigenvalue weighted by molar-refractivity contribution is 6.33. The lowest BCUT2D eigenvalue weighted by atomic mass is 9.44. The van der Waals surface area contributed by atoms with Crippen LogP contribution in [0.5, 0.6) is 0 Å². The summed E-state index contributed by atoms with van der Waals surface area (Å²) >= 11 is 0. The highest BCUT2D eigenvalue weighted by Gasteiger charge is 2.60. The second-order valence-electron chi connectivity index (χ2n) is 9.45. The Morgan fingerprint density at radius 1 is 1.11 bits per heavy atom. The number of aliphatic hydroxyl groups is 3. The summed E-state index contributed by atoms with van der Waals surface area (Å²) in [6.45, 7) is 8.60. The van der Waals surface area contributed by atoms with Crippen LogP contribution in [0.4, 0.5) is 0 Å². The van der Waals surface area contributed by atoms with Crippen LogP contribution in [0.15, 0.2) is 35.3 Å². The summed E-state index contributed by atoms with van der Waals surface area (Å²) in [7, 11) is 0. The smallest absolute Gasteiger partial charge is 0.234 e. The molecule has 4 atom stereocenters. The van der Waals surface area contributed by atoms with Gasteiger partial charge in [0.15, 0.2) is 11.5 Å². The van der Waals surface area contributed by atoms with Crippen molar-refractivity contribution in [2.24, 2.45) is 22.7 Å². The quantitative estimate of drug-likeness (QED) is 0.367. The van der Waals surface area contributed by atoms with Gasteiger partial charge in [0.2, 0.25) is 5.78 Å². The summed E-state index contributed by atoms with van der Waals surface area (Å²) in [4.78, 5) is 24.5. The topological polar surface area (TPSA) is 94.8 Å². The van der Waals surface area contributed by atoms with E-state index in [0.717, 1.165) is 38.2 Å². The molecule has 0 aromatic rings. The third-order valence-electron chi connectivity index (χ3n) is 7.57. The van der Waals surface area contributed by atoms with Crippen molar-refractivity contribution < 1.29 is 24.9 Å². The van der Waals surface area contributed by atoms with Crippen molar-refractivity contribution in [3.63, 3.8) is 0 Å². The zero-order chi connectivity index (χ0) is 20.2. The van der Waals surface area contributed by atoms with Gasteiger partial charge in [0.25, 0.3) is 0 Å². The van der Waals surface area contributed by atoms with Crippen molar-refractivity contribution in [1.82, 2.24) is 0 Å². The molecule has 5 heteroatoms. The van der Waals surface area contributed by atoms with Crippen LogP contribution in [-0.4, -0.2) is 32.5 Å². The molecule has 0 aromatic carbocycles. The lowest BCUT2D eigenvalue weighted by Gasteiger charge is -2.62. The van der Waals surface area contributed by atoms with Gasteiger partial charge in [0, 0.05) is 11.0 Å². The molecule has 3 aliphatic rings. The molecule has 3 N–H and O–H groups in total. The van der Waals surface area contributed by atoms with Crippen molar-refractivity contribution in [3.8, 4) is 0 Å². The van der Waals surface area contributed by atoms with Gasteiger partial charge >= 0.3 is 0 Å². The van der Waals surface area contributed by atoms with Gasteiger partial charge in [-0.25, -0.2) is 0 Å². The maximum atomic E-state index is 12.6. The molecule has 0 bridgehead atoms. The Kier molecular flexibility index (Phi) is 4.66. The SMILES string of the molecule is C[C@@H]1CC[C@H]2C(C)(C)CCC[C@]2(C)C1(O)/C=C1\C=C(O)C(=O)/C(=C\O)C1=O. The zero-order valence-electron chi connectivity index (χ0n) is 16.6. The molecule has 0 aromatic heterocycles. The minimum Gasteiger partial charge on any atom is -0.515 e. The molecule has 0 spiro atoms. The largest absolute Gasteiger partial charge is 0.515 e. The number of hydrogen-bond donors (Lipinski definition) is 3. The van der Waals surface area contributed by atoms with Crippen LogP contribution in [0.1, 0.15) is 59.8 Å². The van der Waals surface area contributed by atoms with Crippen LogP contribution >= 0.6 is 0 Å². The van der Waals surface area contributed by atoms with Crippen LogP contribution < -0.4 is 0 Å². The summed E-state index contributed by atoms with van der Waals surface area (Å²) in [6, 6.07) is 0. The maximum Gasteiger partial charge on any atom is 0.234 e. The Hall–Kier alpha value is -1.88. The van der Waals surface area contributed by atoms with Crippen LogP contribution in [0, 0.1) is 22.7 Å². The van der Waals surface area contributed by atoms with Gasteiger partial charge in [-0.05, 0) is 55.1 Å². The fourth-order valence-electron chi connectivity index (χ4n) is 5.95. The van der Waals surface area contributed by atoms with E-state index < -0.39 is 33.9 Å². The van der Waals surface area contributed by atoms with Crippen molar-refractivity contribution >= 4 is 11.6 Å². The summed E-state index contributed by atoms with van der Waals surface area (Å²) in [6.07, 6.45) is 7.94. The molecule has 0 saturated heterocycles.